The van der Waals surface area contributed by atoms with Gasteiger partial charge in [-0.05, 0) is 110 Å². The molecule has 11 rings (SSSR count). The van der Waals surface area contributed by atoms with Gasteiger partial charge in [0.2, 0.25) is 0 Å². The Bertz CT molecular complexity index is 2750. The molecule has 0 amide bonds. The smallest absolute Gasteiger partial charge is 0.0964 e. The highest BCUT2D eigenvalue weighted by Gasteiger charge is 2.42. The zero-order valence-corrected chi connectivity index (χ0v) is 33.8. The van der Waals surface area contributed by atoms with Gasteiger partial charge in [-0.3, -0.25) is 0 Å². The maximum Gasteiger partial charge on any atom is 0.0964 e. The molecule has 6 heteroatoms. The van der Waals surface area contributed by atoms with Crippen LogP contribution < -0.4 is 10.6 Å². The highest BCUT2D eigenvalue weighted by Crippen LogP contribution is 2.54. The first-order valence-corrected chi connectivity index (χ1v) is 21.8. The van der Waals surface area contributed by atoms with E-state index in [9.17, 15) is 5.73 Å². The van der Waals surface area contributed by atoms with Crippen LogP contribution in [0.5, 0.6) is 0 Å². The van der Waals surface area contributed by atoms with Crippen molar-refractivity contribution < 1.29 is 0 Å². The molecular weight excluding hydrogens is 733 g/mol. The topological polar surface area (TPSA) is 82.1 Å². The van der Waals surface area contributed by atoms with Crippen LogP contribution in [0.15, 0.2) is 181 Å². The van der Waals surface area contributed by atoms with Gasteiger partial charge < -0.3 is 21.3 Å². The van der Waals surface area contributed by atoms with Crippen LogP contribution in [-0.4, -0.2) is 20.9 Å². The molecular formula is C54H49N6-. The third-order valence-corrected chi connectivity index (χ3v) is 13.3. The highest BCUT2D eigenvalue weighted by atomic mass is 15.2. The summed E-state index contributed by atoms with van der Waals surface area (Å²) in [6.45, 7) is 0. The van der Waals surface area contributed by atoms with Crippen molar-refractivity contribution in [2.75, 3.05) is 10.6 Å². The van der Waals surface area contributed by atoms with E-state index in [-0.39, 0.29) is 17.8 Å². The fraction of sp³-hybridized carbons (Fsp3) is 0.222. The average molecular weight is 782 g/mol. The molecule has 6 nitrogen and oxygen atoms in total. The summed E-state index contributed by atoms with van der Waals surface area (Å²) >= 11 is 0. The molecule has 0 aliphatic heterocycles. The second-order valence-electron chi connectivity index (χ2n) is 16.9. The van der Waals surface area contributed by atoms with E-state index < -0.39 is 0 Å². The van der Waals surface area contributed by atoms with Gasteiger partial charge in [0.05, 0.1) is 28.5 Å². The van der Waals surface area contributed by atoms with E-state index >= 15 is 0 Å². The zero-order chi connectivity index (χ0) is 40.2. The molecule has 1 aromatic heterocycles. The van der Waals surface area contributed by atoms with Gasteiger partial charge in [-0.2, -0.15) is 0 Å². The molecule has 0 spiro atoms. The SMILES string of the molecule is [NH-]c1c(N)c(C2C=CC(N(C3=CCCCC3)C3C=CC=CC3)=CC2)c2nc3c(nc2c1-c1ccc(N(C2=CCCC=C2)c2ccccc2)cc1)C1=CC=CC2=CC=CC3C21. The van der Waals surface area contributed by atoms with E-state index in [1.54, 1.807) is 0 Å². The number of aromatic nitrogens is 2. The number of nitrogens with zero attached hydrogens (tertiary/aromatic N) is 4. The second-order valence-corrected chi connectivity index (χ2v) is 16.9. The van der Waals surface area contributed by atoms with Crippen LogP contribution in [0, 0.1) is 5.92 Å². The lowest BCUT2D eigenvalue weighted by Gasteiger charge is -2.38. The highest BCUT2D eigenvalue weighted by molar-refractivity contribution is 6.07. The average Bonchev–Trinajstić information content (AvgIpc) is 3.62. The maximum atomic E-state index is 9.84. The van der Waals surface area contributed by atoms with Gasteiger partial charge in [0.15, 0.2) is 0 Å². The molecule has 3 N–H and O–H groups in total. The first-order chi connectivity index (χ1) is 29.6. The number of nitrogens with two attached hydrogens (primary N) is 1. The molecule has 4 aromatic rings. The number of allylic oxidation sites excluding steroid dienone is 18. The fourth-order valence-electron chi connectivity index (χ4n) is 10.4. The molecule has 1 heterocycles. The van der Waals surface area contributed by atoms with Crippen molar-refractivity contribution in [3.8, 4) is 11.1 Å². The Balaban J connectivity index is 1.04. The van der Waals surface area contributed by atoms with E-state index in [1.165, 1.54) is 35.4 Å². The van der Waals surface area contributed by atoms with E-state index in [0.29, 0.717) is 17.4 Å². The summed E-state index contributed by atoms with van der Waals surface area (Å²) in [7, 11) is 0. The van der Waals surface area contributed by atoms with E-state index in [1.807, 2.05) is 0 Å². The summed E-state index contributed by atoms with van der Waals surface area (Å²) in [4.78, 5) is 16.1. The Morgan fingerprint density at radius 2 is 1.58 bits per heavy atom. The fourth-order valence-corrected chi connectivity index (χ4v) is 10.4. The Hall–Kier alpha value is -6.66. The normalized spacial score (nSPS) is 23.4. The van der Waals surface area contributed by atoms with E-state index in [4.69, 9.17) is 15.7 Å². The summed E-state index contributed by atoms with van der Waals surface area (Å²) in [6, 6.07) is 19.4. The molecule has 0 bridgehead atoms. The number of hydrogen-bond acceptors (Lipinski definition) is 5. The van der Waals surface area contributed by atoms with Gasteiger partial charge in [0.25, 0.3) is 0 Å². The van der Waals surface area contributed by atoms with Gasteiger partial charge in [-0.25, -0.2) is 9.97 Å². The number of rotatable bonds is 8. The van der Waals surface area contributed by atoms with Crippen molar-refractivity contribution in [1.29, 1.82) is 0 Å². The number of para-hydroxylation sites is 1. The number of benzene rings is 3. The predicted octanol–water partition coefficient (Wildman–Crippen LogP) is 13.7. The van der Waals surface area contributed by atoms with Crippen LogP contribution in [0.2, 0.25) is 0 Å². The molecule has 296 valence electrons. The van der Waals surface area contributed by atoms with Crippen molar-refractivity contribution in [2.45, 2.75) is 69.2 Å². The van der Waals surface area contributed by atoms with Gasteiger partial charge in [0.1, 0.15) is 0 Å². The second kappa shape index (κ2) is 15.2. The van der Waals surface area contributed by atoms with Crippen LogP contribution in [0.25, 0.3) is 33.5 Å². The third-order valence-electron chi connectivity index (χ3n) is 13.3. The van der Waals surface area contributed by atoms with Crippen molar-refractivity contribution in [3.63, 3.8) is 0 Å². The molecule has 0 saturated heterocycles. The molecule has 3 aromatic carbocycles. The number of fused-ring (bicyclic) bond motifs is 4. The number of nitrogens with one attached hydrogen (secondary N) is 1. The van der Waals surface area contributed by atoms with Crippen molar-refractivity contribution in [2.24, 2.45) is 5.92 Å². The molecule has 4 atom stereocenters. The molecule has 7 aliphatic rings. The predicted molar refractivity (Wildman–Crippen MR) is 249 cm³/mol. The molecule has 0 saturated carbocycles. The lowest BCUT2D eigenvalue weighted by Crippen LogP contribution is -2.33. The number of hydrogen-bond donors (Lipinski definition) is 1. The molecule has 7 aliphatic carbocycles. The van der Waals surface area contributed by atoms with E-state index in [2.05, 4.69) is 168 Å². The first-order valence-electron chi connectivity index (χ1n) is 21.8. The Morgan fingerprint density at radius 1 is 0.700 bits per heavy atom. The van der Waals surface area contributed by atoms with Crippen molar-refractivity contribution in [1.82, 2.24) is 14.9 Å². The summed E-state index contributed by atoms with van der Waals surface area (Å²) in [5.74, 6) is 0.254. The Morgan fingerprint density at radius 3 is 2.35 bits per heavy atom. The minimum absolute atomic E-state index is 0.0497. The zero-order valence-electron chi connectivity index (χ0n) is 33.8. The Kier molecular flexibility index (Phi) is 9.21. The number of nitrogen functional groups attached to an aromatic ring is 1. The molecule has 4 unspecified atom stereocenters. The lowest BCUT2D eigenvalue weighted by molar-refractivity contribution is 0.345. The molecule has 0 radical (unpaired) electrons. The largest absolute Gasteiger partial charge is 0.696 e. The van der Waals surface area contributed by atoms with Crippen LogP contribution in [0.1, 0.15) is 80.2 Å². The first kappa shape index (κ1) is 36.4. The quantitative estimate of drug-likeness (QED) is 0.180. The summed E-state index contributed by atoms with van der Waals surface area (Å²) in [6.07, 6.45) is 46.9. The van der Waals surface area contributed by atoms with Gasteiger partial charge in [-0.1, -0.05) is 121 Å². The van der Waals surface area contributed by atoms with Gasteiger partial charge >= 0.3 is 0 Å². The minimum Gasteiger partial charge on any atom is -0.696 e. The van der Waals surface area contributed by atoms with Crippen LogP contribution in [-0.2, 0) is 0 Å². The minimum atomic E-state index is -0.0497. The van der Waals surface area contributed by atoms with Gasteiger partial charge in [0, 0.05) is 57.5 Å². The van der Waals surface area contributed by atoms with Crippen molar-refractivity contribution >= 4 is 39.4 Å². The van der Waals surface area contributed by atoms with Crippen molar-refractivity contribution in [3.05, 3.63) is 203 Å². The summed E-state index contributed by atoms with van der Waals surface area (Å²) in [5.41, 5.74) is 32.4. The van der Waals surface area contributed by atoms with E-state index in [0.717, 1.165) is 94.7 Å². The lowest BCUT2D eigenvalue weighted by atomic mass is 9.79. The summed E-state index contributed by atoms with van der Waals surface area (Å²) < 4.78 is 0. The van der Waals surface area contributed by atoms with Gasteiger partial charge in [-0.15, -0.1) is 5.69 Å². The van der Waals surface area contributed by atoms with Crippen LogP contribution in [0.3, 0.4) is 0 Å². The molecule has 60 heavy (non-hydrogen) atoms. The summed E-state index contributed by atoms with van der Waals surface area (Å²) in [5, 5.41) is 0. The maximum absolute atomic E-state index is 9.84. The third kappa shape index (κ3) is 6.16. The Labute approximate surface area is 353 Å². The van der Waals surface area contributed by atoms with Crippen LogP contribution in [0.4, 0.5) is 22.7 Å². The standard InChI is InChI=1S/C54H49N6/c55-49-47(36-27-31-42(32-28-36)59(38-17-5-1-6-18-38)39-19-7-2-8-20-39)53-54(58-52-45-26-14-16-35-15-13-25-44(46(35)45)51(52)57-53)48(50(49)56)37-29-33-43(34-30-37)60(40-21-9-3-10-22-40)41-23-11-4-12-24-41/h1,3,5-7,9-10,13-21,23,25-29,31-34,37,40,45-46,55H,2,4,8,11-12,22,24,30,56H2/q-1. The monoisotopic (exact) mass is 781 g/mol. The molecule has 0 fully saturated rings. The van der Waals surface area contributed by atoms with Crippen LogP contribution >= 0.6 is 0 Å². The number of anilines is 3.